The highest BCUT2D eigenvalue weighted by Gasteiger charge is 2.09. The van der Waals surface area contributed by atoms with Crippen LogP contribution in [0.25, 0.3) is 0 Å². The van der Waals surface area contributed by atoms with Crippen molar-refractivity contribution in [3.05, 3.63) is 48.3 Å². The van der Waals surface area contributed by atoms with E-state index in [1.54, 1.807) is 0 Å². The highest BCUT2D eigenvalue weighted by Crippen LogP contribution is 2.18. The van der Waals surface area contributed by atoms with Gasteiger partial charge in [-0.2, -0.15) is 5.10 Å². The normalized spacial score (nSPS) is 12.5. The Morgan fingerprint density at radius 3 is 2.75 bits per heavy atom. The van der Waals surface area contributed by atoms with Gasteiger partial charge in [-0.05, 0) is 25.1 Å². The average molecular weight is 289 g/mol. The predicted molar refractivity (Wildman–Crippen MR) is 86.1 cm³/mol. The van der Waals surface area contributed by atoms with Gasteiger partial charge in [0.15, 0.2) is 0 Å². The van der Waals surface area contributed by atoms with Crippen molar-refractivity contribution >= 4 is 11.8 Å². The number of benzene rings is 1. The lowest BCUT2D eigenvalue weighted by atomic mass is 10.1. The minimum atomic E-state index is 0.426. The zero-order chi connectivity index (χ0) is 14.2. The summed E-state index contributed by atoms with van der Waals surface area (Å²) < 4.78 is 2.05. The lowest BCUT2D eigenvalue weighted by Crippen LogP contribution is -2.19. The van der Waals surface area contributed by atoms with Gasteiger partial charge in [-0.15, -0.1) is 11.8 Å². The molecule has 1 unspecified atom stereocenters. The van der Waals surface area contributed by atoms with Crippen LogP contribution in [0.5, 0.6) is 0 Å². The van der Waals surface area contributed by atoms with Crippen molar-refractivity contribution in [3.63, 3.8) is 0 Å². The highest BCUT2D eigenvalue weighted by atomic mass is 32.2. The van der Waals surface area contributed by atoms with Crippen molar-refractivity contribution in [2.75, 3.05) is 12.3 Å². The summed E-state index contributed by atoms with van der Waals surface area (Å²) in [7, 11) is 0. The van der Waals surface area contributed by atoms with E-state index >= 15 is 0 Å². The number of rotatable bonds is 8. The molecule has 20 heavy (non-hydrogen) atoms. The zero-order valence-corrected chi connectivity index (χ0v) is 13.1. The van der Waals surface area contributed by atoms with Crippen LogP contribution in [0.1, 0.15) is 31.9 Å². The number of thioether (sulfide) groups is 1. The van der Waals surface area contributed by atoms with Crippen LogP contribution in [0, 0.1) is 0 Å². The lowest BCUT2D eigenvalue weighted by Gasteiger charge is -2.13. The fourth-order valence-corrected chi connectivity index (χ4v) is 3.06. The van der Waals surface area contributed by atoms with E-state index < -0.39 is 0 Å². The fraction of sp³-hybridized carbons (Fsp3) is 0.438. The van der Waals surface area contributed by atoms with Crippen molar-refractivity contribution in [2.24, 2.45) is 0 Å². The Labute approximate surface area is 125 Å². The molecule has 0 aliphatic carbocycles. The van der Waals surface area contributed by atoms with Gasteiger partial charge in [0.05, 0.1) is 12.7 Å². The third kappa shape index (κ3) is 4.39. The smallest absolute Gasteiger partial charge is 0.0537 e. The number of nitrogens with one attached hydrogen (secondary N) is 1. The van der Waals surface area contributed by atoms with E-state index in [2.05, 4.69) is 60.8 Å². The van der Waals surface area contributed by atoms with Crippen LogP contribution in [-0.4, -0.2) is 22.1 Å². The fourth-order valence-electron chi connectivity index (χ4n) is 2.20. The Morgan fingerprint density at radius 1 is 1.25 bits per heavy atom. The Morgan fingerprint density at radius 2 is 2.05 bits per heavy atom. The molecule has 1 aromatic carbocycles. The third-order valence-electron chi connectivity index (χ3n) is 3.25. The number of nitrogens with zero attached hydrogens (tertiary/aromatic N) is 2. The molecule has 1 atom stereocenters. The van der Waals surface area contributed by atoms with Crippen molar-refractivity contribution in [1.29, 1.82) is 0 Å². The van der Waals surface area contributed by atoms with Gasteiger partial charge in [0, 0.05) is 28.5 Å². The van der Waals surface area contributed by atoms with Gasteiger partial charge in [0.1, 0.15) is 0 Å². The number of hydrogen-bond donors (Lipinski definition) is 1. The van der Waals surface area contributed by atoms with E-state index in [1.165, 1.54) is 10.5 Å². The maximum absolute atomic E-state index is 4.46. The monoisotopic (exact) mass is 289 g/mol. The summed E-state index contributed by atoms with van der Waals surface area (Å²) in [4.78, 5) is 1.32. The molecule has 3 nitrogen and oxygen atoms in total. The van der Waals surface area contributed by atoms with Crippen molar-refractivity contribution in [3.8, 4) is 0 Å². The van der Waals surface area contributed by atoms with Gasteiger partial charge in [-0.1, -0.05) is 32.0 Å². The Balaban J connectivity index is 1.83. The number of aryl methyl sites for hydroxylation is 1. The van der Waals surface area contributed by atoms with Crippen molar-refractivity contribution in [2.45, 2.75) is 37.8 Å². The molecule has 0 bridgehead atoms. The summed E-state index contributed by atoms with van der Waals surface area (Å²) >= 11 is 1.87. The Hall–Kier alpha value is -1.26. The first-order valence-corrected chi connectivity index (χ1v) is 8.25. The van der Waals surface area contributed by atoms with Crippen LogP contribution in [0.4, 0.5) is 0 Å². The van der Waals surface area contributed by atoms with E-state index in [0.717, 1.165) is 25.3 Å². The highest BCUT2D eigenvalue weighted by molar-refractivity contribution is 7.99. The molecular weight excluding hydrogens is 266 g/mol. The molecule has 0 amide bonds. The molecule has 0 spiro atoms. The van der Waals surface area contributed by atoms with Gasteiger partial charge in [-0.3, -0.25) is 4.68 Å². The third-order valence-corrected chi connectivity index (χ3v) is 4.24. The topological polar surface area (TPSA) is 29.9 Å². The second kappa shape index (κ2) is 8.12. The maximum Gasteiger partial charge on any atom is 0.0537 e. The van der Waals surface area contributed by atoms with Crippen LogP contribution in [0.15, 0.2) is 47.6 Å². The first-order chi connectivity index (χ1) is 9.83. The standard InChI is InChI=1S/C16H23N3S/c1-3-16(17-4-2)14-12-18-19(13-14)10-11-20-15-8-6-5-7-9-15/h5-9,12-13,16-17H,3-4,10-11H2,1-2H3. The summed E-state index contributed by atoms with van der Waals surface area (Å²) in [5.41, 5.74) is 1.29. The van der Waals surface area contributed by atoms with Crippen molar-refractivity contribution < 1.29 is 0 Å². The zero-order valence-electron chi connectivity index (χ0n) is 12.2. The largest absolute Gasteiger partial charge is 0.310 e. The first kappa shape index (κ1) is 15.1. The molecular formula is C16H23N3S. The predicted octanol–water partition coefficient (Wildman–Crippen LogP) is 3.74. The van der Waals surface area contributed by atoms with Gasteiger partial charge in [0.25, 0.3) is 0 Å². The minimum absolute atomic E-state index is 0.426. The Bertz CT molecular complexity index is 495. The van der Waals surface area contributed by atoms with Crippen molar-refractivity contribution in [1.82, 2.24) is 15.1 Å². The van der Waals surface area contributed by atoms with E-state index in [4.69, 9.17) is 0 Å². The quantitative estimate of drug-likeness (QED) is 0.751. The second-order valence-electron chi connectivity index (χ2n) is 4.72. The van der Waals surface area contributed by atoms with Gasteiger partial charge in [0.2, 0.25) is 0 Å². The molecule has 0 aliphatic heterocycles. The number of hydrogen-bond acceptors (Lipinski definition) is 3. The minimum Gasteiger partial charge on any atom is -0.310 e. The van der Waals surface area contributed by atoms with E-state index in [0.29, 0.717) is 6.04 Å². The molecule has 2 rings (SSSR count). The molecule has 0 saturated carbocycles. The van der Waals surface area contributed by atoms with E-state index in [1.807, 2.05) is 22.6 Å². The molecule has 0 fully saturated rings. The van der Waals surface area contributed by atoms with Crippen LogP contribution in [0.3, 0.4) is 0 Å². The lowest BCUT2D eigenvalue weighted by molar-refractivity contribution is 0.536. The molecule has 4 heteroatoms. The SMILES string of the molecule is CCNC(CC)c1cnn(CCSc2ccccc2)c1. The molecule has 0 radical (unpaired) electrons. The maximum atomic E-state index is 4.46. The summed E-state index contributed by atoms with van der Waals surface area (Å²) in [5, 5.41) is 7.95. The molecule has 1 N–H and O–H groups in total. The first-order valence-electron chi connectivity index (χ1n) is 7.27. The molecule has 1 aromatic heterocycles. The van der Waals surface area contributed by atoms with E-state index in [-0.39, 0.29) is 0 Å². The number of aromatic nitrogens is 2. The van der Waals surface area contributed by atoms with Crippen LogP contribution >= 0.6 is 11.8 Å². The Kier molecular flexibility index (Phi) is 6.15. The summed E-state index contributed by atoms with van der Waals surface area (Å²) in [6, 6.07) is 10.9. The summed E-state index contributed by atoms with van der Waals surface area (Å²) in [6.45, 7) is 6.29. The van der Waals surface area contributed by atoms with Gasteiger partial charge < -0.3 is 5.32 Å². The van der Waals surface area contributed by atoms with Crippen LogP contribution in [-0.2, 0) is 6.54 Å². The molecule has 2 aromatic rings. The summed E-state index contributed by atoms with van der Waals surface area (Å²) in [5.74, 6) is 1.04. The van der Waals surface area contributed by atoms with Gasteiger partial charge in [-0.25, -0.2) is 0 Å². The second-order valence-corrected chi connectivity index (χ2v) is 5.89. The average Bonchev–Trinajstić information content (AvgIpc) is 2.94. The summed E-state index contributed by atoms with van der Waals surface area (Å²) in [6.07, 6.45) is 5.25. The molecule has 108 valence electrons. The van der Waals surface area contributed by atoms with E-state index in [9.17, 15) is 0 Å². The van der Waals surface area contributed by atoms with Crippen LogP contribution in [0.2, 0.25) is 0 Å². The van der Waals surface area contributed by atoms with Crippen LogP contribution < -0.4 is 5.32 Å². The molecule has 0 aliphatic rings. The molecule has 0 saturated heterocycles. The molecule has 1 heterocycles. The van der Waals surface area contributed by atoms with Gasteiger partial charge >= 0.3 is 0 Å².